The third-order valence-electron chi connectivity index (χ3n) is 22.6. The highest BCUT2D eigenvalue weighted by Crippen LogP contribution is 2.69. The van der Waals surface area contributed by atoms with Crippen molar-refractivity contribution in [3.63, 3.8) is 0 Å². The highest BCUT2D eigenvalue weighted by atomic mass is 16.6. The molecule has 0 spiro atoms. The van der Waals surface area contributed by atoms with Crippen LogP contribution in [0.25, 0.3) is 0 Å². The standard InChI is InChI=1S/C64H98O6/c1-41(2)14-11-16-43(5)53-24-26-55-51-22-20-45-36-49(28-32-61(45,7)57(51)30-34-63(53,55)9)69-59(65)39-67-47-18-13-19-48(38-47)68-40-60(66)70-50-29-33-62(8)46(37-50)21-23-52-56-27-25-54(44(6)17-12-15-42(3)4)64(56,10)35-31-58(52)62/h13,18-21,38,41-44,49-58H,11-12,14-17,22-37,39-40H2,1-10H3/t43-,44-,49?,50?,51+,52+,53-,54-,55+,56+,57+,58+,61+,62+,63-,64-/m1/s1. The highest BCUT2D eigenvalue weighted by Gasteiger charge is 2.61. The van der Waals surface area contributed by atoms with Crippen molar-refractivity contribution in [2.45, 2.75) is 223 Å². The molecule has 6 saturated carbocycles. The van der Waals surface area contributed by atoms with Crippen molar-refractivity contribution in [2.75, 3.05) is 13.2 Å². The highest BCUT2D eigenvalue weighted by molar-refractivity contribution is 5.72. The van der Waals surface area contributed by atoms with Crippen molar-refractivity contribution in [3.8, 4) is 11.5 Å². The van der Waals surface area contributed by atoms with Crippen molar-refractivity contribution in [1.82, 2.24) is 0 Å². The average molecular weight is 963 g/mol. The molecule has 9 rings (SSSR count). The Morgan fingerprint density at radius 1 is 0.543 bits per heavy atom. The van der Waals surface area contributed by atoms with Gasteiger partial charge in [-0.2, -0.15) is 0 Å². The number of fused-ring (bicyclic) bond motifs is 10. The van der Waals surface area contributed by atoms with E-state index in [1.165, 1.54) is 114 Å². The van der Waals surface area contributed by atoms with E-state index in [0.29, 0.717) is 22.3 Å². The molecule has 8 aliphatic carbocycles. The maximum absolute atomic E-state index is 13.2. The molecule has 0 N–H and O–H groups in total. The minimum absolute atomic E-state index is 0.102. The van der Waals surface area contributed by atoms with Gasteiger partial charge in [-0.1, -0.05) is 137 Å². The molecule has 0 aliphatic heterocycles. The smallest absolute Gasteiger partial charge is 0.344 e. The molecule has 1 aromatic rings. The molecule has 6 fully saturated rings. The lowest BCUT2D eigenvalue weighted by molar-refractivity contribution is -0.154. The number of esters is 2. The van der Waals surface area contributed by atoms with Crippen LogP contribution in [-0.2, 0) is 19.1 Å². The summed E-state index contributed by atoms with van der Waals surface area (Å²) in [4.78, 5) is 26.5. The maximum Gasteiger partial charge on any atom is 0.344 e. The lowest BCUT2D eigenvalue weighted by atomic mass is 9.47. The van der Waals surface area contributed by atoms with Crippen molar-refractivity contribution >= 4 is 11.9 Å². The Morgan fingerprint density at radius 3 is 1.39 bits per heavy atom. The molecule has 1 aromatic carbocycles. The lowest BCUT2D eigenvalue weighted by Crippen LogP contribution is -2.51. The minimum atomic E-state index is -0.329. The summed E-state index contributed by atoms with van der Waals surface area (Å²) in [6.07, 6.45) is 32.5. The summed E-state index contributed by atoms with van der Waals surface area (Å²) >= 11 is 0. The maximum atomic E-state index is 13.2. The van der Waals surface area contributed by atoms with E-state index >= 15 is 0 Å². The van der Waals surface area contributed by atoms with Crippen LogP contribution in [-0.4, -0.2) is 37.4 Å². The molecule has 2 unspecified atom stereocenters. The molecule has 0 bridgehead atoms. The SMILES string of the molecule is CC(C)CCC[C@@H](C)[C@H]1CC[C@H]2[C@@H]3CC=C4CC(OC(=O)COc5cccc(OCC(=O)OC6CC[C@@]7(C)C(=CC[C@H]8[C@@H]9CC[C@H]([C@H](C)CCCC(C)C)[C@@]9(C)CC[C@@H]87)C6)c5)CC[C@]4(C)[C@H]3CC[C@]12C. The number of carbonyl (C=O) groups excluding carboxylic acids is 2. The molecule has 70 heavy (non-hydrogen) atoms. The Balaban J connectivity index is 0.706. The second-order valence-electron chi connectivity index (χ2n) is 27.3. The summed E-state index contributed by atoms with van der Waals surface area (Å²) in [5, 5.41) is 0. The Kier molecular flexibility index (Phi) is 15.8. The molecule has 0 amide bonds. The summed E-state index contributed by atoms with van der Waals surface area (Å²) in [7, 11) is 0. The van der Waals surface area contributed by atoms with Gasteiger partial charge >= 0.3 is 11.9 Å². The minimum Gasteiger partial charge on any atom is -0.482 e. The van der Waals surface area contributed by atoms with E-state index in [1.54, 1.807) is 6.07 Å². The number of hydrogen-bond acceptors (Lipinski definition) is 6. The summed E-state index contributed by atoms with van der Waals surface area (Å²) in [6.45, 7) is 24.7. The van der Waals surface area contributed by atoms with Gasteiger partial charge in [-0.05, 0) is 195 Å². The van der Waals surface area contributed by atoms with Gasteiger partial charge in [0, 0.05) is 18.9 Å². The van der Waals surface area contributed by atoms with E-state index < -0.39 is 0 Å². The number of hydrogen-bond donors (Lipinski definition) is 0. The van der Waals surface area contributed by atoms with Crippen LogP contribution in [0.4, 0.5) is 0 Å². The third-order valence-corrected chi connectivity index (χ3v) is 22.6. The number of carbonyl (C=O) groups is 2. The predicted molar refractivity (Wildman–Crippen MR) is 283 cm³/mol. The second-order valence-corrected chi connectivity index (χ2v) is 27.3. The summed E-state index contributed by atoms with van der Waals surface area (Å²) in [6, 6.07) is 7.21. The number of rotatable bonds is 18. The molecule has 6 nitrogen and oxygen atoms in total. The van der Waals surface area contributed by atoms with Crippen LogP contribution in [0.3, 0.4) is 0 Å². The van der Waals surface area contributed by atoms with Gasteiger partial charge in [0.25, 0.3) is 0 Å². The van der Waals surface area contributed by atoms with Gasteiger partial charge in [-0.15, -0.1) is 0 Å². The Bertz CT molecular complexity index is 1910. The first-order chi connectivity index (χ1) is 33.4. The van der Waals surface area contributed by atoms with Gasteiger partial charge in [-0.25, -0.2) is 9.59 Å². The van der Waals surface area contributed by atoms with Crippen molar-refractivity contribution < 1.29 is 28.5 Å². The Labute approximate surface area is 426 Å². The zero-order valence-electron chi connectivity index (χ0n) is 46.0. The fraction of sp³-hybridized carbons (Fsp3) is 0.812. The van der Waals surface area contributed by atoms with Crippen molar-refractivity contribution in [1.29, 1.82) is 0 Å². The first kappa shape index (κ1) is 52.1. The molecule has 0 heterocycles. The summed E-state index contributed by atoms with van der Waals surface area (Å²) in [5.74, 6) is 10.2. The van der Waals surface area contributed by atoms with E-state index in [9.17, 15) is 9.59 Å². The molecule has 16 atom stereocenters. The quantitative estimate of drug-likeness (QED) is 0.108. The topological polar surface area (TPSA) is 71.1 Å². The van der Waals surface area contributed by atoms with E-state index in [2.05, 4.69) is 81.4 Å². The van der Waals surface area contributed by atoms with E-state index in [0.717, 1.165) is 110 Å². The number of ether oxygens (including phenoxy) is 4. The van der Waals surface area contributed by atoms with Crippen LogP contribution in [0.1, 0.15) is 210 Å². The van der Waals surface area contributed by atoms with Crippen molar-refractivity contribution in [3.05, 3.63) is 47.6 Å². The van der Waals surface area contributed by atoms with Crippen LogP contribution in [0.2, 0.25) is 0 Å². The average Bonchev–Trinajstić information content (AvgIpc) is 3.87. The van der Waals surface area contributed by atoms with Gasteiger partial charge in [-0.3, -0.25) is 0 Å². The van der Waals surface area contributed by atoms with Crippen LogP contribution in [0.15, 0.2) is 47.6 Å². The molecular formula is C64H98O6. The van der Waals surface area contributed by atoms with Gasteiger partial charge in [0.2, 0.25) is 0 Å². The van der Waals surface area contributed by atoms with E-state index in [4.69, 9.17) is 18.9 Å². The molecule has 0 saturated heterocycles. The molecule has 390 valence electrons. The van der Waals surface area contributed by atoms with Crippen molar-refractivity contribution in [2.24, 2.45) is 92.7 Å². The number of allylic oxidation sites excluding steroid dienone is 2. The molecule has 6 heteroatoms. The van der Waals surface area contributed by atoms with Gasteiger partial charge in [0.15, 0.2) is 13.2 Å². The van der Waals surface area contributed by atoms with E-state index in [1.807, 2.05) is 18.2 Å². The molecule has 0 aromatic heterocycles. The molecule has 0 radical (unpaired) electrons. The molecule has 8 aliphatic rings. The summed E-state index contributed by atoms with van der Waals surface area (Å²) < 4.78 is 24.1. The van der Waals surface area contributed by atoms with Crippen LogP contribution in [0.5, 0.6) is 11.5 Å². The number of benzene rings is 1. The van der Waals surface area contributed by atoms with Gasteiger partial charge in [0.05, 0.1) is 0 Å². The zero-order chi connectivity index (χ0) is 49.6. The zero-order valence-corrected chi connectivity index (χ0v) is 46.0. The monoisotopic (exact) mass is 963 g/mol. The van der Waals surface area contributed by atoms with Crippen LogP contribution >= 0.6 is 0 Å². The predicted octanol–water partition coefficient (Wildman–Crippen LogP) is 16.4. The Morgan fingerprint density at radius 2 is 0.971 bits per heavy atom. The first-order valence-corrected chi connectivity index (χ1v) is 29.5. The largest absolute Gasteiger partial charge is 0.482 e. The van der Waals surface area contributed by atoms with Crippen LogP contribution in [0, 0.1) is 92.7 Å². The lowest BCUT2D eigenvalue weighted by Gasteiger charge is -2.58. The fourth-order valence-electron chi connectivity index (χ4n) is 18.9. The summed E-state index contributed by atoms with van der Waals surface area (Å²) in [5.41, 5.74) is 4.49. The normalized spacial score (nSPS) is 39.5. The van der Waals surface area contributed by atoms with Gasteiger partial charge in [0.1, 0.15) is 23.7 Å². The Hall–Kier alpha value is -2.76. The molecular weight excluding hydrogens is 865 g/mol. The fourth-order valence-corrected chi connectivity index (χ4v) is 18.9. The van der Waals surface area contributed by atoms with E-state index in [-0.39, 0.29) is 48.2 Å². The first-order valence-electron chi connectivity index (χ1n) is 29.5. The van der Waals surface area contributed by atoms with Crippen LogP contribution < -0.4 is 9.47 Å². The second kappa shape index (κ2) is 21.2. The van der Waals surface area contributed by atoms with Gasteiger partial charge < -0.3 is 18.9 Å². The third kappa shape index (κ3) is 10.4.